The Morgan fingerprint density at radius 1 is 0.893 bits per heavy atom. The maximum absolute atomic E-state index is 11.7. The average Bonchev–Trinajstić information content (AvgIpc) is 3.19. The van der Waals surface area contributed by atoms with Crippen LogP contribution in [0.15, 0.2) is 36.4 Å². The van der Waals surface area contributed by atoms with Crippen molar-refractivity contribution in [2.45, 2.75) is 57.7 Å². The van der Waals surface area contributed by atoms with Crippen molar-refractivity contribution >= 4 is 5.97 Å². The van der Waals surface area contributed by atoms with Gasteiger partial charge in [0.2, 0.25) is 0 Å². The molecule has 1 aliphatic heterocycles. The van der Waals surface area contributed by atoms with Gasteiger partial charge in [0.1, 0.15) is 0 Å². The summed E-state index contributed by atoms with van der Waals surface area (Å²) in [5.41, 5.74) is 6.00. The van der Waals surface area contributed by atoms with Crippen molar-refractivity contribution in [1.29, 1.82) is 0 Å². The molecule has 1 N–H and O–H groups in total. The molecule has 0 aromatic heterocycles. The smallest absolute Gasteiger partial charge is 0.336 e. The van der Waals surface area contributed by atoms with Crippen LogP contribution in [0.5, 0.6) is 0 Å². The Hall–Kier alpha value is -2.17. The fraction of sp³-hybridized carbons (Fsp3) is 0.458. The van der Waals surface area contributed by atoms with Gasteiger partial charge in [-0.15, -0.1) is 0 Å². The van der Waals surface area contributed by atoms with Crippen LogP contribution in [0, 0.1) is 0 Å². The van der Waals surface area contributed by atoms with E-state index >= 15 is 0 Å². The molecule has 1 saturated heterocycles. The molecular formula is C24H28O4. The highest BCUT2D eigenvalue weighted by Gasteiger charge is 2.37. The summed E-state index contributed by atoms with van der Waals surface area (Å²) in [5, 5.41) is 9.56. The summed E-state index contributed by atoms with van der Waals surface area (Å²) in [7, 11) is 0. The first-order chi connectivity index (χ1) is 13.2. The van der Waals surface area contributed by atoms with Gasteiger partial charge in [-0.1, -0.05) is 52.0 Å². The number of hydrogen-bond acceptors (Lipinski definition) is 3. The van der Waals surface area contributed by atoms with Gasteiger partial charge in [-0.2, -0.15) is 0 Å². The van der Waals surface area contributed by atoms with E-state index in [-0.39, 0.29) is 16.4 Å². The topological polar surface area (TPSA) is 55.8 Å². The van der Waals surface area contributed by atoms with Crippen molar-refractivity contribution in [3.05, 3.63) is 58.7 Å². The van der Waals surface area contributed by atoms with Crippen molar-refractivity contribution in [3.8, 4) is 11.1 Å². The SMILES string of the molecule is CC1(C)CCC(C)(C)c2cc(-c3ccc(C(=O)O)c(C4OCCO4)c3)ccc21. The van der Waals surface area contributed by atoms with Gasteiger partial charge in [0.05, 0.1) is 18.8 Å². The summed E-state index contributed by atoms with van der Waals surface area (Å²) < 4.78 is 11.2. The Bertz CT molecular complexity index is 920. The highest BCUT2D eigenvalue weighted by Crippen LogP contribution is 2.47. The predicted molar refractivity (Wildman–Crippen MR) is 109 cm³/mol. The van der Waals surface area contributed by atoms with E-state index in [4.69, 9.17) is 9.47 Å². The molecule has 4 heteroatoms. The van der Waals surface area contributed by atoms with Crippen LogP contribution < -0.4 is 0 Å². The summed E-state index contributed by atoms with van der Waals surface area (Å²) in [4.78, 5) is 11.7. The number of aromatic carboxylic acids is 1. The second-order valence-electron chi connectivity index (χ2n) is 9.21. The molecule has 0 radical (unpaired) electrons. The molecule has 2 aromatic carbocycles. The molecule has 0 amide bonds. The van der Waals surface area contributed by atoms with E-state index in [0.717, 1.165) is 17.5 Å². The third kappa shape index (κ3) is 3.25. The molecule has 2 aliphatic rings. The van der Waals surface area contributed by atoms with E-state index in [2.05, 4.69) is 45.9 Å². The number of ether oxygens (including phenoxy) is 2. The van der Waals surface area contributed by atoms with E-state index in [1.807, 2.05) is 12.1 Å². The molecule has 0 spiro atoms. The molecular weight excluding hydrogens is 352 g/mol. The lowest BCUT2D eigenvalue weighted by molar-refractivity contribution is -0.0447. The van der Waals surface area contributed by atoms with Gasteiger partial charge in [-0.25, -0.2) is 4.79 Å². The summed E-state index contributed by atoms with van der Waals surface area (Å²) in [5.74, 6) is -0.964. The van der Waals surface area contributed by atoms with Gasteiger partial charge in [0, 0.05) is 5.56 Å². The fourth-order valence-electron chi connectivity index (χ4n) is 4.44. The summed E-state index contributed by atoms with van der Waals surface area (Å²) >= 11 is 0. The van der Waals surface area contributed by atoms with Crippen LogP contribution in [0.3, 0.4) is 0 Å². The Kier molecular flexibility index (Phi) is 4.59. The van der Waals surface area contributed by atoms with Gasteiger partial charge >= 0.3 is 5.97 Å². The first-order valence-corrected chi connectivity index (χ1v) is 9.95. The summed E-state index contributed by atoms with van der Waals surface area (Å²) in [6.07, 6.45) is 1.72. The van der Waals surface area contributed by atoms with Crippen molar-refractivity contribution < 1.29 is 19.4 Å². The van der Waals surface area contributed by atoms with Crippen molar-refractivity contribution in [2.24, 2.45) is 0 Å². The highest BCUT2D eigenvalue weighted by atomic mass is 16.7. The van der Waals surface area contributed by atoms with E-state index in [1.54, 1.807) is 6.07 Å². The second kappa shape index (κ2) is 6.71. The van der Waals surface area contributed by atoms with E-state index in [9.17, 15) is 9.90 Å². The average molecular weight is 380 g/mol. The van der Waals surface area contributed by atoms with Gasteiger partial charge in [-0.05, 0) is 58.1 Å². The second-order valence-corrected chi connectivity index (χ2v) is 9.21. The molecule has 0 unspecified atom stereocenters. The first-order valence-electron chi connectivity index (χ1n) is 9.95. The number of carboxylic acid groups (broad SMARTS) is 1. The third-order valence-electron chi connectivity index (χ3n) is 6.34. The molecule has 1 fully saturated rings. The quantitative estimate of drug-likeness (QED) is 0.770. The van der Waals surface area contributed by atoms with Crippen LogP contribution in [-0.4, -0.2) is 24.3 Å². The monoisotopic (exact) mass is 380 g/mol. The Labute approximate surface area is 166 Å². The van der Waals surface area contributed by atoms with Gasteiger partial charge in [0.15, 0.2) is 6.29 Å². The maximum Gasteiger partial charge on any atom is 0.336 e. The number of carboxylic acids is 1. The van der Waals surface area contributed by atoms with Crippen LogP contribution in [-0.2, 0) is 20.3 Å². The molecule has 148 valence electrons. The molecule has 1 heterocycles. The lowest BCUT2D eigenvalue weighted by Crippen LogP contribution is -2.33. The first kappa shape index (κ1) is 19.2. The normalized spacial score (nSPS) is 20.7. The van der Waals surface area contributed by atoms with Crippen LogP contribution >= 0.6 is 0 Å². The molecule has 0 bridgehead atoms. The maximum atomic E-state index is 11.7. The minimum Gasteiger partial charge on any atom is -0.478 e. The highest BCUT2D eigenvalue weighted by molar-refractivity contribution is 5.90. The summed E-state index contributed by atoms with van der Waals surface area (Å²) in [6, 6.07) is 12.1. The molecule has 0 atom stereocenters. The van der Waals surface area contributed by atoms with Gasteiger partial charge in [-0.3, -0.25) is 0 Å². The Morgan fingerprint density at radius 3 is 2.11 bits per heavy atom. The summed E-state index contributed by atoms with van der Waals surface area (Å²) in [6.45, 7) is 10.2. The fourth-order valence-corrected chi connectivity index (χ4v) is 4.44. The van der Waals surface area contributed by atoms with E-state index in [1.165, 1.54) is 17.5 Å². The van der Waals surface area contributed by atoms with Crippen LogP contribution in [0.4, 0.5) is 0 Å². The molecule has 0 saturated carbocycles. The molecule has 2 aromatic rings. The molecule has 1 aliphatic carbocycles. The number of benzene rings is 2. The van der Waals surface area contributed by atoms with Crippen LogP contribution in [0.1, 0.15) is 73.9 Å². The van der Waals surface area contributed by atoms with Gasteiger partial charge < -0.3 is 14.6 Å². The zero-order chi connectivity index (χ0) is 20.1. The zero-order valence-electron chi connectivity index (χ0n) is 17.0. The van der Waals surface area contributed by atoms with E-state index in [0.29, 0.717) is 18.8 Å². The Morgan fingerprint density at radius 2 is 1.46 bits per heavy atom. The van der Waals surface area contributed by atoms with Gasteiger partial charge in [0.25, 0.3) is 0 Å². The largest absolute Gasteiger partial charge is 0.478 e. The number of hydrogen-bond donors (Lipinski definition) is 1. The number of carbonyl (C=O) groups is 1. The Balaban J connectivity index is 1.82. The van der Waals surface area contributed by atoms with Crippen molar-refractivity contribution in [2.75, 3.05) is 13.2 Å². The minimum absolute atomic E-state index is 0.127. The van der Waals surface area contributed by atoms with Crippen LogP contribution in [0.25, 0.3) is 11.1 Å². The standard InChI is InChI=1S/C24H28O4/c1-23(2)9-10-24(3,4)20-14-16(6-8-19(20)23)15-5-7-17(21(25)26)18(13-15)22-27-11-12-28-22/h5-8,13-14,22H,9-12H2,1-4H3,(H,25,26). The lowest BCUT2D eigenvalue weighted by Gasteiger charge is -2.42. The molecule has 28 heavy (non-hydrogen) atoms. The zero-order valence-corrected chi connectivity index (χ0v) is 17.0. The predicted octanol–water partition coefficient (Wildman–Crippen LogP) is 5.45. The van der Waals surface area contributed by atoms with Crippen molar-refractivity contribution in [3.63, 3.8) is 0 Å². The lowest BCUT2D eigenvalue weighted by atomic mass is 9.63. The number of fused-ring (bicyclic) bond motifs is 1. The van der Waals surface area contributed by atoms with Crippen LogP contribution in [0.2, 0.25) is 0 Å². The molecule has 4 nitrogen and oxygen atoms in total. The number of rotatable bonds is 3. The minimum atomic E-state index is -0.964. The van der Waals surface area contributed by atoms with E-state index < -0.39 is 12.3 Å². The van der Waals surface area contributed by atoms with Crippen molar-refractivity contribution in [1.82, 2.24) is 0 Å². The third-order valence-corrected chi connectivity index (χ3v) is 6.34. The molecule has 4 rings (SSSR count).